The molecule has 1 fully saturated rings. The van der Waals surface area contributed by atoms with E-state index in [2.05, 4.69) is 15.4 Å². The van der Waals surface area contributed by atoms with Crippen molar-refractivity contribution in [1.82, 2.24) is 20.3 Å². The molecule has 0 aromatic carbocycles. The van der Waals surface area contributed by atoms with Gasteiger partial charge in [0.25, 0.3) is 0 Å². The number of hydrogen-bond donors (Lipinski definition) is 1. The molecule has 3 heterocycles. The fourth-order valence-corrected chi connectivity index (χ4v) is 3.25. The fraction of sp³-hybridized carbons (Fsp3) is 0.533. The zero-order valence-corrected chi connectivity index (χ0v) is 13.3. The van der Waals surface area contributed by atoms with Crippen LogP contribution >= 0.6 is 11.6 Å². The highest BCUT2D eigenvalue weighted by Gasteiger charge is 2.25. The number of amides is 1. The van der Waals surface area contributed by atoms with E-state index in [4.69, 9.17) is 16.1 Å². The number of nitrogens with one attached hydrogen (secondary N) is 1. The summed E-state index contributed by atoms with van der Waals surface area (Å²) in [5, 5.41) is 11.1. The van der Waals surface area contributed by atoms with Crippen molar-refractivity contribution < 1.29 is 9.32 Å². The lowest BCUT2D eigenvalue weighted by molar-refractivity contribution is -0.132. The zero-order chi connectivity index (χ0) is 15.5. The summed E-state index contributed by atoms with van der Waals surface area (Å²) in [7, 11) is 0. The third kappa shape index (κ3) is 3.16. The maximum atomic E-state index is 12.4. The summed E-state index contributed by atoms with van der Waals surface area (Å²) in [6.45, 7) is 3.40. The number of H-pyrrole nitrogens is 1. The van der Waals surface area contributed by atoms with Gasteiger partial charge in [0, 0.05) is 42.9 Å². The van der Waals surface area contributed by atoms with Crippen LogP contribution in [0.3, 0.4) is 0 Å². The van der Waals surface area contributed by atoms with Crippen molar-refractivity contribution in [2.75, 3.05) is 13.1 Å². The minimum absolute atomic E-state index is 0.154. The van der Waals surface area contributed by atoms with Crippen molar-refractivity contribution in [1.29, 1.82) is 0 Å². The standard InChI is InChI=1S/C15H19ClN4O2/c1-10-12(15(16)22-19-10)4-5-14(21)20-8-2-3-11(9-20)13-6-7-17-18-13/h6-7,11H,2-5,8-9H2,1H3,(H,17,18). The van der Waals surface area contributed by atoms with Gasteiger partial charge in [0.15, 0.2) is 0 Å². The number of aromatic amines is 1. The van der Waals surface area contributed by atoms with Crippen molar-refractivity contribution in [3.05, 3.63) is 34.4 Å². The predicted octanol–water partition coefficient (Wildman–Crippen LogP) is 2.70. The van der Waals surface area contributed by atoms with Crippen LogP contribution in [-0.2, 0) is 11.2 Å². The first-order valence-electron chi connectivity index (χ1n) is 7.53. The average Bonchev–Trinajstić information content (AvgIpc) is 3.16. The highest BCUT2D eigenvalue weighted by Crippen LogP contribution is 2.26. The summed E-state index contributed by atoms with van der Waals surface area (Å²) in [4.78, 5) is 14.4. The molecule has 1 amide bonds. The molecule has 0 radical (unpaired) electrons. The molecule has 0 aliphatic carbocycles. The number of aromatic nitrogens is 3. The second-order valence-corrected chi connectivity index (χ2v) is 6.05. The van der Waals surface area contributed by atoms with Gasteiger partial charge in [0.2, 0.25) is 11.1 Å². The van der Waals surface area contributed by atoms with Gasteiger partial charge in [-0.1, -0.05) is 5.16 Å². The van der Waals surface area contributed by atoms with Crippen LogP contribution in [0.1, 0.15) is 42.1 Å². The largest absolute Gasteiger partial charge is 0.344 e. The minimum atomic E-state index is 0.154. The summed E-state index contributed by atoms with van der Waals surface area (Å²) in [6, 6.07) is 1.99. The summed E-state index contributed by atoms with van der Waals surface area (Å²) in [5.41, 5.74) is 2.69. The molecule has 1 saturated heterocycles. The Bertz CT molecular complexity index is 619. The quantitative estimate of drug-likeness (QED) is 0.939. The molecule has 1 atom stereocenters. The van der Waals surface area contributed by atoms with E-state index in [0.29, 0.717) is 24.0 Å². The molecule has 1 N–H and O–H groups in total. The minimum Gasteiger partial charge on any atom is -0.344 e. The highest BCUT2D eigenvalue weighted by molar-refractivity contribution is 6.29. The van der Waals surface area contributed by atoms with Crippen molar-refractivity contribution in [3.63, 3.8) is 0 Å². The second-order valence-electron chi connectivity index (χ2n) is 5.71. The maximum Gasteiger partial charge on any atom is 0.229 e. The van der Waals surface area contributed by atoms with E-state index in [1.807, 2.05) is 17.9 Å². The van der Waals surface area contributed by atoms with Gasteiger partial charge in [-0.15, -0.1) is 0 Å². The first-order valence-corrected chi connectivity index (χ1v) is 7.90. The lowest BCUT2D eigenvalue weighted by atomic mass is 9.94. The summed E-state index contributed by atoms with van der Waals surface area (Å²) in [6.07, 6.45) is 4.85. The second kappa shape index (κ2) is 6.52. The molecule has 3 rings (SSSR count). The topological polar surface area (TPSA) is 75.0 Å². The Morgan fingerprint density at radius 3 is 3.14 bits per heavy atom. The molecule has 118 valence electrons. The molecule has 6 nitrogen and oxygen atoms in total. The number of carbonyl (C=O) groups is 1. The Labute approximate surface area is 133 Å². The van der Waals surface area contributed by atoms with E-state index in [9.17, 15) is 4.79 Å². The van der Waals surface area contributed by atoms with E-state index in [0.717, 1.165) is 42.9 Å². The predicted molar refractivity (Wildman–Crippen MR) is 81.7 cm³/mol. The van der Waals surface area contributed by atoms with Gasteiger partial charge >= 0.3 is 0 Å². The first-order chi connectivity index (χ1) is 10.6. The summed E-state index contributed by atoms with van der Waals surface area (Å²) < 4.78 is 4.92. The molecule has 0 bridgehead atoms. The number of halogens is 1. The maximum absolute atomic E-state index is 12.4. The molecule has 2 aromatic heterocycles. The van der Waals surface area contributed by atoms with Crippen molar-refractivity contribution in [2.45, 2.75) is 38.5 Å². The van der Waals surface area contributed by atoms with Crippen LogP contribution in [0, 0.1) is 6.92 Å². The molecule has 2 aromatic rings. The Morgan fingerprint density at radius 2 is 2.45 bits per heavy atom. The molecule has 22 heavy (non-hydrogen) atoms. The highest BCUT2D eigenvalue weighted by atomic mass is 35.5. The fourth-order valence-electron chi connectivity index (χ4n) is 2.98. The molecular formula is C15H19ClN4O2. The van der Waals surface area contributed by atoms with Crippen molar-refractivity contribution in [2.24, 2.45) is 0 Å². The first kappa shape index (κ1) is 15.1. The smallest absolute Gasteiger partial charge is 0.229 e. The van der Waals surface area contributed by atoms with Crippen LogP contribution in [0.5, 0.6) is 0 Å². The average molecular weight is 323 g/mol. The van der Waals surface area contributed by atoms with Crippen LogP contribution in [0.15, 0.2) is 16.8 Å². The summed E-state index contributed by atoms with van der Waals surface area (Å²) >= 11 is 5.94. The van der Waals surface area contributed by atoms with Gasteiger partial charge in [-0.05, 0) is 43.9 Å². The Balaban J connectivity index is 1.58. The number of likely N-dealkylation sites (tertiary alicyclic amines) is 1. The van der Waals surface area contributed by atoms with Crippen LogP contribution in [0.25, 0.3) is 0 Å². The Hall–Kier alpha value is -1.82. The van der Waals surface area contributed by atoms with Crippen molar-refractivity contribution >= 4 is 17.5 Å². The van der Waals surface area contributed by atoms with Gasteiger partial charge in [0.1, 0.15) is 0 Å². The lowest BCUT2D eigenvalue weighted by Gasteiger charge is -2.32. The Kier molecular flexibility index (Phi) is 4.47. The molecular weight excluding hydrogens is 304 g/mol. The molecule has 1 aliphatic heterocycles. The molecule has 0 spiro atoms. The van der Waals surface area contributed by atoms with E-state index >= 15 is 0 Å². The SMILES string of the molecule is Cc1noc(Cl)c1CCC(=O)N1CCCC(c2ccn[nH]2)C1. The monoisotopic (exact) mass is 322 g/mol. The van der Waals surface area contributed by atoms with Gasteiger partial charge in [-0.2, -0.15) is 5.10 Å². The molecule has 1 unspecified atom stereocenters. The third-order valence-corrected chi connectivity index (χ3v) is 4.56. The third-order valence-electron chi connectivity index (χ3n) is 4.26. The van der Waals surface area contributed by atoms with Crippen LogP contribution in [0.2, 0.25) is 5.22 Å². The van der Waals surface area contributed by atoms with Crippen LogP contribution in [-0.4, -0.2) is 39.3 Å². The molecule has 0 saturated carbocycles. The lowest BCUT2D eigenvalue weighted by Crippen LogP contribution is -2.39. The number of aryl methyl sites for hydroxylation is 1. The number of rotatable bonds is 4. The van der Waals surface area contributed by atoms with Gasteiger partial charge in [0.05, 0.1) is 5.69 Å². The number of piperidine rings is 1. The van der Waals surface area contributed by atoms with Crippen LogP contribution < -0.4 is 0 Å². The van der Waals surface area contributed by atoms with Gasteiger partial charge in [-0.25, -0.2) is 0 Å². The number of nitrogens with zero attached hydrogens (tertiary/aromatic N) is 3. The molecule has 7 heteroatoms. The van der Waals surface area contributed by atoms with E-state index in [1.54, 1.807) is 6.20 Å². The zero-order valence-electron chi connectivity index (χ0n) is 12.5. The Morgan fingerprint density at radius 1 is 1.59 bits per heavy atom. The van der Waals surface area contributed by atoms with Gasteiger partial charge < -0.3 is 9.42 Å². The van der Waals surface area contributed by atoms with E-state index in [-0.39, 0.29) is 5.91 Å². The van der Waals surface area contributed by atoms with E-state index < -0.39 is 0 Å². The summed E-state index contributed by atoms with van der Waals surface area (Å²) in [5.74, 6) is 0.502. The van der Waals surface area contributed by atoms with Crippen LogP contribution in [0.4, 0.5) is 0 Å². The van der Waals surface area contributed by atoms with Crippen molar-refractivity contribution in [3.8, 4) is 0 Å². The van der Waals surface area contributed by atoms with Gasteiger partial charge in [-0.3, -0.25) is 9.89 Å². The molecule has 1 aliphatic rings. The number of hydrogen-bond acceptors (Lipinski definition) is 4. The van der Waals surface area contributed by atoms with E-state index in [1.165, 1.54) is 0 Å². The normalized spacial score (nSPS) is 18.6. The number of carbonyl (C=O) groups excluding carboxylic acids is 1.